The monoisotopic (exact) mass is 625 g/mol. The highest BCUT2D eigenvalue weighted by atomic mass is 19.1. The van der Waals surface area contributed by atoms with Gasteiger partial charge in [-0.3, -0.25) is 9.55 Å². The highest BCUT2D eigenvalue weighted by molar-refractivity contribution is 6.10. The molecule has 0 atom stereocenters. The summed E-state index contributed by atoms with van der Waals surface area (Å²) in [6, 6.07) is 45.7. The van der Waals surface area contributed by atoms with Crippen molar-refractivity contribution < 1.29 is 13.2 Å². The fourth-order valence-corrected chi connectivity index (χ4v) is 6.55. The van der Waals surface area contributed by atoms with Gasteiger partial charge >= 0.3 is 0 Å². The van der Waals surface area contributed by atoms with E-state index in [0.29, 0.717) is 39.3 Å². The molecule has 0 spiro atoms. The van der Waals surface area contributed by atoms with E-state index in [0.717, 1.165) is 44.3 Å². The third kappa shape index (κ3) is 4.57. The maximum absolute atomic E-state index is 16.0. The van der Waals surface area contributed by atoms with E-state index >= 15 is 4.39 Å². The lowest BCUT2D eigenvalue weighted by Gasteiger charge is -2.17. The molecular weight excluding hydrogens is 600 g/mol. The number of imidazole rings is 1. The molecule has 0 aliphatic carbocycles. The van der Waals surface area contributed by atoms with E-state index in [4.69, 9.17) is 9.40 Å². The molecule has 3 heterocycles. The molecule has 6 aromatic carbocycles. The summed E-state index contributed by atoms with van der Waals surface area (Å²) in [5.41, 5.74) is 9.11. The third-order valence-corrected chi connectivity index (χ3v) is 8.82. The summed E-state index contributed by atoms with van der Waals surface area (Å²) in [5, 5.41) is 1.74. The molecule has 0 N–H and O–H groups in total. The molecule has 0 fully saturated rings. The molecule has 3 aromatic heterocycles. The highest BCUT2D eigenvalue weighted by Crippen LogP contribution is 2.41. The van der Waals surface area contributed by atoms with E-state index in [1.165, 1.54) is 18.2 Å². The Kier molecular flexibility index (Phi) is 6.47. The van der Waals surface area contributed by atoms with E-state index in [9.17, 15) is 4.39 Å². The van der Waals surface area contributed by atoms with Crippen LogP contribution in [0.1, 0.15) is 0 Å². The quantitative estimate of drug-likeness (QED) is 0.191. The first-order chi connectivity index (χ1) is 23.6. The number of nitrogens with zero attached hydrogens (tertiary/aromatic N) is 3. The van der Waals surface area contributed by atoms with E-state index in [1.807, 2.05) is 71.3 Å². The molecule has 4 nitrogen and oxygen atoms in total. The predicted molar refractivity (Wildman–Crippen MR) is 188 cm³/mol. The van der Waals surface area contributed by atoms with Gasteiger partial charge in [0.05, 0.1) is 28.7 Å². The summed E-state index contributed by atoms with van der Waals surface area (Å²) in [6.07, 6.45) is 1.69. The molecular formula is C42H25F2N3O. The fraction of sp³-hybridized carbons (Fsp3) is 0. The van der Waals surface area contributed by atoms with Crippen molar-refractivity contribution in [1.82, 2.24) is 14.5 Å². The first-order valence-corrected chi connectivity index (χ1v) is 15.6. The van der Waals surface area contributed by atoms with Gasteiger partial charge < -0.3 is 4.42 Å². The summed E-state index contributed by atoms with van der Waals surface area (Å²) in [6.45, 7) is 0. The van der Waals surface area contributed by atoms with Gasteiger partial charge in [-0.2, -0.15) is 0 Å². The van der Waals surface area contributed by atoms with Crippen LogP contribution in [0.25, 0.3) is 83.6 Å². The van der Waals surface area contributed by atoms with E-state index in [1.54, 1.807) is 24.4 Å². The largest absolute Gasteiger partial charge is 0.454 e. The molecule has 0 bridgehead atoms. The smallest absolute Gasteiger partial charge is 0.153 e. The Labute approximate surface area is 274 Å². The number of para-hydroxylation sites is 2. The van der Waals surface area contributed by atoms with Crippen LogP contribution < -0.4 is 0 Å². The van der Waals surface area contributed by atoms with Crippen LogP contribution in [0.3, 0.4) is 0 Å². The van der Waals surface area contributed by atoms with Crippen LogP contribution in [0.4, 0.5) is 8.78 Å². The molecule has 9 aromatic rings. The Morgan fingerprint density at radius 3 is 2.08 bits per heavy atom. The number of hydrogen-bond acceptors (Lipinski definition) is 3. The van der Waals surface area contributed by atoms with Gasteiger partial charge in [0, 0.05) is 21.9 Å². The van der Waals surface area contributed by atoms with Gasteiger partial charge in [-0.15, -0.1) is 0 Å². The number of hydrogen-bond donors (Lipinski definition) is 0. The molecule has 6 heteroatoms. The Bertz CT molecular complexity index is 2630. The molecule has 9 rings (SSSR count). The summed E-state index contributed by atoms with van der Waals surface area (Å²) in [4.78, 5) is 9.68. The number of fused-ring (bicyclic) bond motifs is 4. The summed E-state index contributed by atoms with van der Waals surface area (Å²) >= 11 is 0. The molecule has 0 amide bonds. The van der Waals surface area contributed by atoms with Crippen molar-refractivity contribution in [3.63, 3.8) is 0 Å². The standard InChI is InChI=1S/C42H25F2N3O/c43-30-20-17-28(18-21-30)37-24-34-32-13-7-14-33(41(32)48-39(34)25-45-37)42-46-36-16-8-15-35(44)40(36)47(42)38-23-29(26-9-3-1-4-10-26)19-22-31(38)27-11-5-2-6-12-27/h1-25H. The second-order valence-corrected chi connectivity index (χ2v) is 11.7. The van der Waals surface area contributed by atoms with Crippen molar-refractivity contribution >= 4 is 33.0 Å². The fourth-order valence-electron chi connectivity index (χ4n) is 6.55. The molecule has 48 heavy (non-hydrogen) atoms. The zero-order valence-electron chi connectivity index (χ0n) is 25.4. The van der Waals surface area contributed by atoms with E-state index in [2.05, 4.69) is 47.4 Å². The Morgan fingerprint density at radius 2 is 1.29 bits per heavy atom. The Balaban J connectivity index is 1.33. The molecule has 0 unspecified atom stereocenters. The predicted octanol–water partition coefficient (Wildman–Crippen LogP) is 11.3. The second kappa shape index (κ2) is 11.1. The van der Waals surface area contributed by atoms with Crippen molar-refractivity contribution in [2.24, 2.45) is 0 Å². The minimum absolute atomic E-state index is 0.303. The second-order valence-electron chi connectivity index (χ2n) is 11.7. The number of benzene rings is 6. The lowest BCUT2D eigenvalue weighted by molar-refractivity contribution is 0.628. The molecule has 228 valence electrons. The average molecular weight is 626 g/mol. The van der Waals surface area contributed by atoms with Gasteiger partial charge in [-0.05, 0) is 71.3 Å². The molecule has 0 aliphatic heterocycles. The normalized spacial score (nSPS) is 11.5. The van der Waals surface area contributed by atoms with Crippen molar-refractivity contribution in [2.45, 2.75) is 0 Å². The van der Waals surface area contributed by atoms with Crippen LogP contribution >= 0.6 is 0 Å². The average Bonchev–Trinajstić information content (AvgIpc) is 3.72. The lowest BCUT2D eigenvalue weighted by Crippen LogP contribution is -2.02. The van der Waals surface area contributed by atoms with Crippen LogP contribution in [-0.4, -0.2) is 14.5 Å². The number of furan rings is 1. The van der Waals surface area contributed by atoms with Crippen LogP contribution in [0, 0.1) is 11.6 Å². The molecule has 0 saturated heterocycles. The molecule has 0 saturated carbocycles. The minimum atomic E-state index is -0.375. The minimum Gasteiger partial charge on any atom is -0.454 e. The topological polar surface area (TPSA) is 43.9 Å². The van der Waals surface area contributed by atoms with Gasteiger partial charge in [-0.1, -0.05) is 91.0 Å². The Morgan fingerprint density at radius 1 is 0.562 bits per heavy atom. The first-order valence-electron chi connectivity index (χ1n) is 15.6. The van der Waals surface area contributed by atoms with Crippen LogP contribution in [0.15, 0.2) is 156 Å². The number of rotatable bonds is 5. The zero-order valence-corrected chi connectivity index (χ0v) is 25.4. The maximum atomic E-state index is 16.0. The van der Waals surface area contributed by atoms with E-state index < -0.39 is 0 Å². The zero-order chi connectivity index (χ0) is 32.2. The molecule has 0 aliphatic rings. The van der Waals surface area contributed by atoms with Crippen molar-refractivity contribution in [2.75, 3.05) is 0 Å². The SMILES string of the molecule is Fc1ccc(-c2cc3c(cn2)oc2c(-c4nc5cccc(F)c5n4-c4cc(-c5ccccc5)ccc4-c4ccccc4)cccc23)cc1. The van der Waals surface area contributed by atoms with Gasteiger partial charge in [0.15, 0.2) is 5.58 Å². The Hall–Kier alpha value is -6.40. The molecule has 0 radical (unpaired) electrons. The number of halogens is 2. The van der Waals surface area contributed by atoms with Gasteiger partial charge in [0.2, 0.25) is 0 Å². The van der Waals surface area contributed by atoms with Gasteiger partial charge in [-0.25, -0.2) is 13.8 Å². The number of aromatic nitrogens is 3. The summed E-state index contributed by atoms with van der Waals surface area (Å²) < 4.78 is 38.1. The van der Waals surface area contributed by atoms with Crippen molar-refractivity contribution in [1.29, 1.82) is 0 Å². The lowest BCUT2D eigenvalue weighted by atomic mass is 9.97. The van der Waals surface area contributed by atoms with Crippen molar-refractivity contribution in [3.05, 3.63) is 163 Å². The van der Waals surface area contributed by atoms with Gasteiger partial charge in [0.1, 0.15) is 28.6 Å². The van der Waals surface area contributed by atoms with Crippen molar-refractivity contribution in [3.8, 4) is 50.6 Å². The first kappa shape index (κ1) is 27.9. The summed E-state index contributed by atoms with van der Waals surface area (Å²) in [5.74, 6) is -0.128. The highest BCUT2D eigenvalue weighted by Gasteiger charge is 2.24. The van der Waals surface area contributed by atoms with E-state index in [-0.39, 0.29) is 11.6 Å². The van der Waals surface area contributed by atoms with Crippen LogP contribution in [0.5, 0.6) is 0 Å². The summed E-state index contributed by atoms with van der Waals surface area (Å²) in [7, 11) is 0. The van der Waals surface area contributed by atoms with Crippen LogP contribution in [-0.2, 0) is 0 Å². The van der Waals surface area contributed by atoms with Crippen LogP contribution in [0.2, 0.25) is 0 Å². The maximum Gasteiger partial charge on any atom is 0.153 e. The third-order valence-electron chi connectivity index (χ3n) is 8.82. The van der Waals surface area contributed by atoms with Gasteiger partial charge in [0.25, 0.3) is 0 Å². The number of pyridine rings is 1.